The van der Waals surface area contributed by atoms with Crippen LogP contribution < -0.4 is 9.46 Å². The minimum absolute atomic E-state index is 0.0502. The Balaban J connectivity index is 1.50. The van der Waals surface area contributed by atoms with Gasteiger partial charge in [0.2, 0.25) is 10.0 Å². The van der Waals surface area contributed by atoms with E-state index in [1.807, 2.05) is 0 Å². The first-order valence-corrected chi connectivity index (χ1v) is 12.2. The molecule has 4 rings (SSSR count). The molecule has 178 valence electrons. The van der Waals surface area contributed by atoms with Crippen LogP contribution in [0.3, 0.4) is 0 Å². The predicted molar refractivity (Wildman–Crippen MR) is 118 cm³/mol. The van der Waals surface area contributed by atoms with Crippen molar-refractivity contribution >= 4 is 16.1 Å². The van der Waals surface area contributed by atoms with E-state index in [1.54, 1.807) is 24.3 Å². The Labute approximate surface area is 191 Å². The first-order chi connectivity index (χ1) is 15.8. The molecule has 1 atom stereocenters. The molecule has 10 heteroatoms. The molecular formula is C23H25F3N2O4S. The molecule has 0 spiro atoms. The van der Waals surface area contributed by atoms with Gasteiger partial charge in [-0.15, -0.1) is 0 Å². The number of nitrogens with zero attached hydrogens (tertiary/aromatic N) is 1. The molecule has 1 fully saturated rings. The number of allylic oxidation sites excluding steroid dienone is 1. The maximum atomic E-state index is 13.4. The number of rotatable bonds is 8. The lowest BCUT2D eigenvalue weighted by atomic mass is 9.97. The molecule has 1 unspecified atom stereocenters. The average molecular weight is 483 g/mol. The minimum Gasteiger partial charge on any atom is -0.435 e. The molecule has 2 aromatic rings. The third-order valence-corrected chi connectivity index (χ3v) is 7.41. The van der Waals surface area contributed by atoms with Crippen molar-refractivity contribution in [2.45, 2.75) is 25.5 Å². The summed E-state index contributed by atoms with van der Waals surface area (Å²) in [7, 11) is -3.78. The Morgan fingerprint density at radius 2 is 1.79 bits per heavy atom. The summed E-state index contributed by atoms with van der Waals surface area (Å²) in [4.78, 5) is 2.35. The van der Waals surface area contributed by atoms with Crippen LogP contribution in [-0.2, 0) is 21.2 Å². The molecular weight excluding hydrogens is 457 g/mol. The van der Waals surface area contributed by atoms with Crippen molar-refractivity contribution in [1.82, 2.24) is 9.62 Å². The highest BCUT2D eigenvalue weighted by Gasteiger charge is 2.27. The third kappa shape index (κ3) is 5.94. The Hall–Kier alpha value is -2.40. The van der Waals surface area contributed by atoms with Gasteiger partial charge >= 0.3 is 6.61 Å². The second-order valence-corrected chi connectivity index (χ2v) is 9.74. The highest BCUT2D eigenvalue weighted by Crippen LogP contribution is 2.30. The summed E-state index contributed by atoms with van der Waals surface area (Å²) >= 11 is 0. The van der Waals surface area contributed by atoms with E-state index in [1.165, 1.54) is 24.3 Å². The molecule has 1 N–H and O–H groups in total. The summed E-state index contributed by atoms with van der Waals surface area (Å²) in [6.07, 6.45) is 2.21. The van der Waals surface area contributed by atoms with Gasteiger partial charge in [0.1, 0.15) is 11.6 Å². The van der Waals surface area contributed by atoms with Crippen LogP contribution in [0.2, 0.25) is 0 Å². The lowest BCUT2D eigenvalue weighted by molar-refractivity contribution is -0.0498. The van der Waals surface area contributed by atoms with Crippen LogP contribution in [0.5, 0.6) is 5.75 Å². The maximum absolute atomic E-state index is 13.4. The van der Waals surface area contributed by atoms with Crippen molar-refractivity contribution in [2.24, 2.45) is 0 Å². The Bertz CT molecular complexity index is 1100. The van der Waals surface area contributed by atoms with E-state index in [2.05, 4.69) is 14.4 Å². The van der Waals surface area contributed by atoms with Gasteiger partial charge in [-0.3, -0.25) is 4.90 Å². The molecule has 2 aromatic carbocycles. The number of morpholine rings is 1. The molecule has 0 saturated carbocycles. The highest BCUT2D eigenvalue weighted by molar-refractivity contribution is 7.93. The summed E-state index contributed by atoms with van der Waals surface area (Å²) in [5.41, 5.74) is 2.23. The third-order valence-electron chi connectivity index (χ3n) is 5.85. The molecule has 1 aliphatic carbocycles. The standard InChI is InChI=1S/C23H25F3N2O4S/c24-19-5-1-16(2-6-19)22(28-9-11-31-12-10-28)15-27-33(29,30)21-8-4-17-13-20(32-23(25)26)7-3-18(17)14-21/h1-3,5-7,13-14,22-23,27H,4,8-12,15H2. The van der Waals surface area contributed by atoms with Crippen LogP contribution in [0.15, 0.2) is 47.4 Å². The van der Waals surface area contributed by atoms with E-state index in [4.69, 9.17) is 4.74 Å². The number of aryl methyl sites for hydroxylation is 1. The van der Waals surface area contributed by atoms with E-state index in [0.717, 1.165) is 11.1 Å². The van der Waals surface area contributed by atoms with Gasteiger partial charge in [-0.25, -0.2) is 17.5 Å². The summed E-state index contributed by atoms with van der Waals surface area (Å²) < 4.78 is 77.0. The van der Waals surface area contributed by atoms with Gasteiger partial charge in [-0.05, 0) is 59.9 Å². The quantitative estimate of drug-likeness (QED) is 0.622. The molecule has 1 aliphatic heterocycles. The van der Waals surface area contributed by atoms with Gasteiger partial charge in [-0.2, -0.15) is 8.78 Å². The molecule has 0 radical (unpaired) electrons. The lowest BCUT2D eigenvalue weighted by Crippen LogP contribution is -2.44. The van der Waals surface area contributed by atoms with Gasteiger partial charge in [0.05, 0.1) is 18.1 Å². The highest BCUT2D eigenvalue weighted by atomic mass is 32.2. The molecule has 0 amide bonds. The topological polar surface area (TPSA) is 67.9 Å². The van der Waals surface area contributed by atoms with Gasteiger partial charge in [0.15, 0.2) is 0 Å². The largest absolute Gasteiger partial charge is 0.435 e. The minimum atomic E-state index is -3.78. The zero-order valence-electron chi connectivity index (χ0n) is 17.8. The van der Waals surface area contributed by atoms with E-state index < -0.39 is 16.6 Å². The number of benzene rings is 2. The van der Waals surface area contributed by atoms with Crippen LogP contribution >= 0.6 is 0 Å². The fraction of sp³-hybridized carbons (Fsp3) is 0.391. The number of nitrogens with one attached hydrogen (secondary N) is 1. The summed E-state index contributed by atoms with van der Waals surface area (Å²) in [5, 5.41) is 0. The normalized spacial score (nSPS) is 18.0. The summed E-state index contributed by atoms with van der Waals surface area (Å²) in [6, 6.07) is 10.3. The smallest absolute Gasteiger partial charge is 0.387 e. The number of halogens is 3. The molecule has 0 aromatic heterocycles. The van der Waals surface area contributed by atoms with Gasteiger partial charge in [0, 0.05) is 25.7 Å². The first kappa shape index (κ1) is 23.7. The van der Waals surface area contributed by atoms with Crippen molar-refractivity contribution in [3.63, 3.8) is 0 Å². The van der Waals surface area contributed by atoms with Crippen LogP contribution in [0.4, 0.5) is 13.2 Å². The number of alkyl halides is 2. The van der Waals surface area contributed by atoms with E-state index >= 15 is 0 Å². The molecule has 6 nitrogen and oxygen atoms in total. The predicted octanol–water partition coefficient (Wildman–Crippen LogP) is 3.71. The van der Waals surface area contributed by atoms with E-state index in [-0.39, 0.29) is 35.5 Å². The van der Waals surface area contributed by atoms with Gasteiger partial charge < -0.3 is 9.47 Å². The Morgan fingerprint density at radius 3 is 2.48 bits per heavy atom. The average Bonchev–Trinajstić information content (AvgIpc) is 2.80. The maximum Gasteiger partial charge on any atom is 0.387 e. The molecule has 2 aliphatic rings. The fourth-order valence-electron chi connectivity index (χ4n) is 4.14. The van der Waals surface area contributed by atoms with E-state index in [0.29, 0.717) is 38.3 Å². The SMILES string of the molecule is O=S(=O)(NCC(c1ccc(F)cc1)N1CCOCC1)C1=Cc2ccc(OC(F)F)cc2CC1. The van der Waals surface area contributed by atoms with Gasteiger partial charge in [0.25, 0.3) is 0 Å². The van der Waals surface area contributed by atoms with Crippen molar-refractivity contribution in [1.29, 1.82) is 0 Å². The number of ether oxygens (including phenoxy) is 2. The molecule has 33 heavy (non-hydrogen) atoms. The zero-order valence-corrected chi connectivity index (χ0v) is 18.7. The van der Waals surface area contributed by atoms with E-state index in [9.17, 15) is 21.6 Å². The number of fused-ring (bicyclic) bond motifs is 1. The number of hydrogen-bond donors (Lipinski definition) is 1. The van der Waals surface area contributed by atoms with Crippen LogP contribution in [0.1, 0.15) is 29.2 Å². The summed E-state index contributed by atoms with van der Waals surface area (Å²) in [6.45, 7) is -0.416. The van der Waals surface area contributed by atoms with Crippen molar-refractivity contribution in [3.05, 3.63) is 69.9 Å². The molecule has 0 bridgehead atoms. The second kappa shape index (κ2) is 10.3. The monoisotopic (exact) mass is 482 g/mol. The Morgan fingerprint density at radius 1 is 1.06 bits per heavy atom. The lowest BCUT2D eigenvalue weighted by Gasteiger charge is -2.35. The fourth-order valence-corrected chi connectivity index (χ4v) is 5.36. The van der Waals surface area contributed by atoms with Crippen molar-refractivity contribution in [2.75, 3.05) is 32.8 Å². The molecule has 1 heterocycles. The number of hydrogen-bond acceptors (Lipinski definition) is 5. The van der Waals surface area contributed by atoms with Crippen molar-refractivity contribution in [3.8, 4) is 5.75 Å². The van der Waals surface area contributed by atoms with Crippen LogP contribution in [-0.4, -0.2) is 52.8 Å². The first-order valence-electron chi connectivity index (χ1n) is 10.7. The van der Waals surface area contributed by atoms with Crippen LogP contribution in [0, 0.1) is 5.82 Å². The van der Waals surface area contributed by atoms with Crippen molar-refractivity contribution < 1.29 is 31.1 Å². The molecule has 1 saturated heterocycles. The number of sulfonamides is 1. The van der Waals surface area contributed by atoms with Gasteiger partial charge in [-0.1, -0.05) is 18.2 Å². The zero-order chi connectivity index (χ0) is 23.4. The van der Waals surface area contributed by atoms with Crippen LogP contribution in [0.25, 0.3) is 6.08 Å². The summed E-state index contributed by atoms with van der Waals surface area (Å²) in [5.74, 6) is -0.303. The Kier molecular flexibility index (Phi) is 7.38. The second-order valence-electron chi connectivity index (χ2n) is 7.92.